The Labute approximate surface area is 85.5 Å². The molecule has 1 aliphatic heterocycles. The number of aromatic amines is 1. The normalized spacial score (nSPS) is 15.5. The van der Waals surface area contributed by atoms with E-state index in [0.717, 1.165) is 16.5 Å². The van der Waals surface area contributed by atoms with Gasteiger partial charge in [-0.3, -0.25) is 5.10 Å². The molecule has 3 N–H and O–H groups in total. The molecule has 0 fully saturated rings. The van der Waals surface area contributed by atoms with Crippen molar-refractivity contribution in [3.05, 3.63) is 36.3 Å². The van der Waals surface area contributed by atoms with Crippen molar-refractivity contribution in [2.75, 3.05) is 5.73 Å². The summed E-state index contributed by atoms with van der Waals surface area (Å²) in [6.45, 7) is 0. The van der Waals surface area contributed by atoms with Crippen molar-refractivity contribution in [1.29, 1.82) is 0 Å². The molecule has 1 aliphatic rings. The first kappa shape index (κ1) is 8.16. The van der Waals surface area contributed by atoms with Crippen LogP contribution in [0.5, 0.6) is 0 Å². The Kier molecular flexibility index (Phi) is 1.58. The number of nitrogens with zero attached hydrogens (tertiary/aromatic N) is 1. The largest absolute Gasteiger partial charge is 0.455 e. The lowest BCUT2D eigenvalue weighted by Crippen LogP contribution is -1.97. The second-order valence-electron chi connectivity index (χ2n) is 3.29. The number of hydrogen-bond acceptors (Lipinski definition) is 4. The van der Waals surface area contributed by atoms with Gasteiger partial charge in [0, 0.05) is 10.9 Å². The summed E-state index contributed by atoms with van der Waals surface area (Å²) in [5.41, 5.74) is 7.53. The maximum Gasteiger partial charge on any atom is 0.266 e. The first-order valence-corrected chi connectivity index (χ1v) is 4.54. The number of nitrogens with one attached hydrogen (secondary N) is 1. The fourth-order valence-corrected chi connectivity index (χ4v) is 1.59. The van der Waals surface area contributed by atoms with Gasteiger partial charge in [0.25, 0.3) is 6.29 Å². The van der Waals surface area contributed by atoms with Gasteiger partial charge in [0.05, 0.1) is 5.52 Å². The minimum Gasteiger partial charge on any atom is -0.455 e. The van der Waals surface area contributed by atoms with Gasteiger partial charge in [-0.15, -0.1) is 0 Å². The van der Waals surface area contributed by atoms with E-state index >= 15 is 0 Å². The number of nitrogen functional groups attached to an aromatic ring is 1. The third-order valence-corrected chi connectivity index (χ3v) is 2.35. The average Bonchev–Trinajstić information content (AvgIpc) is 2.88. The molecule has 0 saturated carbocycles. The summed E-state index contributed by atoms with van der Waals surface area (Å²) in [6.07, 6.45) is 2.67. The topological polar surface area (TPSA) is 73.2 Å². The predicted octanol–water partition coefficient (Wildman–Crippen LogP) is 1.66. The Morgan fingerprint density at radius 3 is 2.87 bits per heavy atom. The van der Waals surface area contributed by atoms with Crippen molar-refractivity contribution < 1.29 is 9.47 Å². The second-order valence-corrected chi connectivity index (χ2v) is 3.29. The smallest absolute Gasteiger partial charge is 0.266 e. The van der Waals surface area contributed by atoms with Crippen LogP contribution in [0.1, 0.15) is 11.9 Å². The lowest BCUT2D eigenvalue weighted by atomic mass is 10.1. The Balaban J connectivity index is 2.08. The molecule has 15 heavy (non-hydrogen) atoms. The highest BCUT2D eigenvalue weighted by molar-refractivity contribution is 5.89. The molecule has 5 heteroatoms. The van der Waals surface area contributed by atoms with Gasteiger partial charge in [-0.05, 0) is 18.2 Å². The monoisotopic (exact) mass is 203 g/mol. The summed E-state index contributed by atoms with van der Waals surface area (Å²) in [7, 11) is 0. The lowest BCUT2D eigenvalue weighted by Gasteiger charge is -2.09. The summed E-state index contributed by atoms with van der Waals surface area (Å²) in [6, 6.07) is 5.72. The Morgan fingerprint density at radius 2 is 2.07 bits per heavy atom. The highest BCUT2D eigenvalue weighted by atomic mass is 16.7. The third-order valence-electron chi connectivity index (χ3n) is 2.35. The van der Waals surface area contributed by atoms with Gasteiger partial charge >= 0.3 is 0 Å². The maximum atomic E-state index is 5.70. The van der Waals surface area contributed by atoms with Gasteiger partial charge in [-0.25, -0.2) is 0 Å². The molecule has 0 spiro atoms. The van der Waals surface area contributed by atoms with Gasteiger partial charge in [-0.2, -0.15) is 5.10 Å². The number of ether oxygens (including phenoxy) is 2. The number of H-pyrrole nitrogens is 1. The number of rotatable bonds is 1. The van der Waals surface area contributed by atoms with E-state index in [9.17, 15) is 0 Å². The Morgan fingerprint density at radius 1 is 1.27 bits per heavy atom. The van der Waals surface area contributed by atoms with Crippen LogP contribution in [0.2, 0.25) is 0 Å². The van der Waals surface area contributed by atoms with Gasteiger partial charge in [-0.1, -0.05) is 0 Å². The van der Waals surface area contributed by atoms with Crippen LogP contribution >= 0.6 is 0 Å². The molecule has 2 aromatic rings. The second kappa shape index (κ2) is 2.91. The quantitative estimate of drug-likeness (QED) is 0.739. The number of anilines is 1. The summed E-state index contributed by atoms with van der Waals surface area (Å²) in [5.74, 6) is 0.484. The molecule has 0 unspecified atom stereocenters. The van der Waals surface area contributed by atoms with Crippen molar-refractivity contribution in [2.24, 2.45) is 0 Å². The average molecular weight is 203 g/mol. The molecule has 0 saturated heterocycles. The van der Waals surface area contributed by atoms with Crippen LogP contribution in [-0.4, -0.2) is 10.2 Å². The first-order valence-electron chi connectivity index (χ1n) is 4.54. The first-order chi connectivity index (χ1) is 7.34. The van der Waals surface area contributed by atoms with Crippen LogP contribution in [0.15, 0.2) is 30.7 Å². The van der Waals surface area contributed by atoms with E-state index in [4.69, 9.17) is 15.2 Å². The van der Waals surface area contributed by atoms with Crippen molar-refractivity contribution in [3.8, 4) is 0 Å². The van der Waals surface area contributed by atoms with Crippen LogP contribution in [0, 0.1) is 0 Å². The summed E-state index contributed by atoms with van der Waals surface area (Å²) in [5, 5.41) is 7.63. The zero-order valence-electron chi connectivity index (χ0n) is 7.81. The van der Waals surface area contributed by atoms with Gasteiger partial charge in [0.1, 0.15) is 12.5 Å². The Bertz CT molecular complexity index is 524. The fourth-order valence-electron chi connectivity index (χ4n) is 1.59. The number of benzene rings is 1. The number of fused-ring (bicyclic) bond motifs is 1. The highest BCUT2D eigenvalue weighted by Gasteiger charge is 2.16. The highest BCUT2D eigenvalue weighted by Crippen LogP contribution is 2.28. The number of aromatic nitrogens is 2. The zero-order chi connectivity index (χ0) is 10.3. The van der Waals surface area contributed by atoms with E-state index in [-0.39, 0.29) is 6.29 Å². The van der Waals surface area contributed by atoms with Gasteiger partial charge in [0.2, 0.25) is 0 Å². The van der Waals surface area contributed by atoms with E-state index in [1.807, 2.05) is 18.2 Å². The molecule has 0 bridgehead atoms. The van der Waals surface area contributed by atoms with E-state index in [0.29, 0.717) is 5.82 Å². The Hall–Kier alpha value is -2.17. The third kappa shape index (κ3) is 1.20. The van der Waals surface area contributed by atoms with Crippen LogP contribution in [-0.2, 0) is 9.47 Å². The summed E-state index contributed by atoms with van der Waals surface area (Å²) in [4.78, 5) is 0. The van der Waals surface area contributed by atoms with Crippen molar-refractivity contribution in [3.63, 3.8) is 0 Å². The summed E-state index contributed by atoms with van der Waals surface area (Å²) < 4.78 is 10.5. The molecular weight excluding hydrogens is 194 g/mol. The van der Waals surface area contributed by atoms with Gasteiger partial charge in [0.15, 0.2) is 5.82 Å². The molecular formula is C10H9N3O2. The fraction of sp³-hybridized carbons (Fsp3) is 0.100. The van der Waals surface area contributed by atoms with E-state index in [2.05, 4.69) is 10.2 Å². The molecule has 1 aromatic carbocycles. The molecule has 0 atom stereocenters. The van der Waals surface area contributed by atoms with Gasteiger partial charge < -0.3 is 15.2 Å². The number of nitrogens with two attached hydrogens (primary N) is 1. The van der Waals surface area contributed by atoms with E-state index in [1.165, 1.54) is 12.5 Å². The molecule has 0 amide bonds. The zero-order valence-corrected chi connectivity index (χ0v) is 7.81. The molecule has 76 valence electrons. The van der Waals surface area contributed by atoms with Crippen LogP contribution in [0.4, 0.5) is 5.82 Å². The standard InChI is InChI=1S/C10H9N3O2/c11-9-7-5-6(10-14-3-4-15-10)1-2-8(7)12-13-9/h1-5,10H,(H3,11,12,13). The molecule has 1 aromatic heterocycles. The predicted molar refractivity (Wildman–Crippen MR) is 54.6 cm³/mol. The van der Waals surface area contributed by atoms with Crippen LogP contribution < -0.4 is 5.73 Å². The summed E-state index contributed by atoms with van der Waals surface area (Å²) >= 11 is 0. The number of hydrogen-bond donors (Lipinski definition) is 2. The molecule has 3 rings (SSSR count). The molecule has 0 aliphatic carbocycles. The molecule has 0 radical (unpaired) electrons. The van der Waals surface area contributed by atoms with Crippen molar-refractivity contribution in [1.82, 2.24) is 10.2 Å². The van der Waals surface area contributed by atoms with Crippen molar-refractivity contribution in [2.45, 2.75) is 6.29 Å². The van der Waals surface area contributed by atoms with Crippen LogP contribution in [0.25, 0.3) is 10.9 Å². The molecule has 5 nitrogen and oxygen atoms in total. The minimum atomic E-state index is -0.372. The van der Waals surface area contributed by atoms with Crippen LogP contribution in [0.3, 0.4) is 0 Å². The SMILES string of the molecule is Nc1n[nH]c2ccc(C3OC=CO3)cc12. The van der Waals surface area contributed by atoms with E-state index < -0.39 is 0 Å². The molecule has 2 heterocycles. The maximum absolute atomic E-state index is 5.70. The lowest BCUT2D eigenvalue weighted by molar-refractivity contribution is -0.0244. The minimum absolute atomic E-state index is 0.372. The van der Waals surface area contributed by atoms with E-state index in [1.54, 1.807) is 0 Å². The van der Waals surface area contributed by atoms with Crippen molar-refractivity contribution >= 4 is 16.7 Å².